The minimum atomic E-state index is -0.325. The third-order valence-electron chi connectivity index (χ3n) is 3.88. The lowest BCUT2D eigenvalue weighted by atomic mass is 10.2. The molecule has 148 valence electrons. The first-order chi connectivity index (χ1) is 14.2. The Hall–Kier alpha value is -3.19. The van der Waals surface area contributed by atoms with Crippen LogP contribution in [0, 0.1) is 0 Å². The highest BCUT2D eigenvalue weighted by Crippen LogP contribution is 2.29. The van der Waals surface area contributed by atoms with Gasteiger partial charge in [0.2, 0.25) is 0 Å². The molecule has 0 bridgehead atoms. The lowest BCUT2D eigenvalue weighted by Gasteiger charge is -2.12. The molecule has 0 unspecified atom stereocenters. The van der Waals surface area contributed by atoms with Gasteiger partial charge in [-0.25, -0.2) is 5.43 Å². The van der Waals surface area contributed by atoms with Crippen molar-refractivity contribution in [3.05, 3.63) is 88.2 Å². The second kappa shape index (κ2) is 10.4. The van der Waals surface area contributed by atoms with Gasteiger partial charge in [-0.05, 0) is 60.5 Å². The fourth-order valence-electron chi connectivity index (χ4n) is 2.46. The van der Waals surface area contributed by atoms with E-state index in [9.17, 15) is 4.79 Å². The topological polar surface area (TPSA) is 72.8 Å². The van der Waals surface area contributed by atoms with Gasteiger partial charge < -0.3 is 9.47 Å². The Morgan fingerprint density at radius 1 is 1.14 bits per heavy atom. The first-order valence-electron chi connectivity index (χ1n) is 9.03. The smallest absolute Gasteiger partial charge is 0.272 e. The van der Waals surface area contributed by atoms with Crippen molar-refractivity contribution in [2.45, 2.75) is 13.5 Å². The molecule has 1 amide bonds. The van der Waals surface area contributed by atoms with Gasteiger partial charge in [0, 0.05) is 16.9 Å². The largest absolute Gasteiger partial charge is 0.490 e. The molecule has 0 radical (unpaired) electrons. The summed E-state index contributed by atoms with van der Waals surface area (Å²) in [5.74, 6) is 0.937. The second-order valence-corrected chi connectivity index (χ2v) is 6.91. The summed E-state index contributed by atoms with van der Waals surface area (Å²) in [4.78, 5) is 15.9. The number of rotatable bonds is 8. The van der Waals surface area contributed by atoms with E-state index in [0.29, 0.717) is 30.3 Å². The summed E-state index contributed by atoms with van der Waals surface area (Å²) in [6.45, 7) is 2.85. The fourth-order valence-corrected chi connectivity index (χ4v) is 2.73. The molecular formula is C22H20BrN3O3. The van der Waals surface area contributed by atoms with Gasteiger partial charge in [0.05, 0.1) is 18.4 Å². The maximum atomic E-state index is 12.0. The van der Waals surface area contributed by atoms with Gasteiger partial charge >= 0.3 is 0 Å². The SMILES string of the molecule is CCOc1cc(/C=N/NC(=O)c2cccnc2)ccc1OCc1ccc(Br)cc1. The van der Waals surface area contributed by atoms with Crippen LogP contribution in [-0.2, 0) is 6.61 Å². The molecule has 1 N–H and O–H groups in total. The Morgan fingerprint density at radius 2 is 1.97 bits per heavy atom. The molecule has 1 heterocycles. The minimum Gasteiger partial charge on any atom is -0.490 e. The first-order valence-corrected chi connectivity index (χ1v) is 9.82. The number of aromatic nitrogens is 1. The third kappa shape index (κ3) is 6.15. The van der Waals surface area contributed by atoms with Crippen LogP contribution in [0.4, 0.5) is 0 Å². The normalized spacial score (nSPS) is 10.7. The predicted molar refractivity (Wildman–Crippen MR) is 115 cm³/mol. The molecule has 6 nitrogen and oxygen atoms in total. The first kappa shape index (κ1) is 20.5. The maximum Gasteiger partial charge on any atom is 0.272 e. The summed E-state index contributed by atoms with van der Waals surface area (Å²) in [5, 5.41) is 4.00. The van der Waals surface area contributed by atoms with E-state index in [1.54, 1.807) is 24.5 Å². The number of hydrazone groups is 1. The van der Waals surface area contributed by atoms with E-state index < -0.39 is 0 Å². The zero-order chi connectivity index (χ0) is 20.5. The van der Waals surface area contributed by atoms with Crippen LogP contribution < -0.4 is 14.9 Å². The Bertz CT molecular complexity index is 976. The zero-order valence-corrected chi connectivity index (χ0v) is 17.4. The summed E-state index contributed by atoms with van der Waals surface area (Å²) in [6, 6.07) is 16.8. The van der Waals surface area contributed by atoms with Gasteiger partial charge in [-0.2, -0.15) is 5.10 Å². The number of halogens is 1. The highest BCUT2D eigenvalue weighted by atomic mass is 79.9. The number of carbonyl (C=O) groups is 1. The molecular weight excluding hydrogens is 434 g/mol. The minimum absolute atomic E-state index is 0.325. The Labute approximate surface area is 177 Å². The van der Waals surface area contributed by atoms with E-state index in [1.165, 1.54) is 6.20 Å². The van der Waals surface area contributed by atoms with E-state index in [2.05, 4.69) is 31.4 Å². The quantitative estimate of drug-likeness (QED) is 0.399. The van der Waals surface area contributed by atoms with Crippen LogP contribution in [0.3, 0.4) is 0 Å². The van der Waals surface area contributed by atoms with Gasteiger partial charge in [-0.1, -0.05) is 28.1 Å². The summed E-state index contributed by atoms with van der Waals surface area (Å²) in [7, 11) is 0. The molecule has 1 aromatic heterocycles. The molecule has 0 saturated heterocycles. The average Bonchev–Trinajstić information content (AvgIpc) is 2.75. The van der Waals surface area contributed by atoms with Crippen LogP contribution in [0.1, 0.15) is 28.4 Å². The molecule has 0 aliphatic carbocycles. The molecule has 0 saturated carbocycles. The van der Waals surface area contributed by atoms with Crippen LogP contribution in [0.15, 0.2) is 76.6 Å². The van der Waals surface area contributed by atoms with E-state index >= 15 is 0 Å². The summed E-state index contributed by atoms with van der Waals surface area (Å²) in [6.07, 6.45) is 4.64. The van der Waals surface area contributed by atoms with Crippen LogP contribution in [0.25, 0.3) is 0 Å². The number of pyridine rings is 1. The van der Waals surface area contributed by atoms with Crippen LogP contribution in [0.5, 0.6) is 11.5 Å². The molecule has 0 spiro atoms. The van der Waals surface area contributed by atoms with E-state index in [4.69, 9.17) is 9.47 Å². The number of hydrogen-bond acceptors (Lipinski definition) is 5. The van der Waals surface area contributed by atoms with Gasteiger partial charge in [0.15, 0.2) is 11.5 Å². The van der Waals surface area contributed by atoms with Crippen molar-refractivity contribution in [2.24, 2.45) is 5.10 Å². The molecule has 0 fully saturated rings. The second-order valence-electron chi connectivity index (χ2n) is 6.00. The van der Waals surface area contributed by atoms with Crippen LogP contribution >= 0.6 is 15.9 Å². The summed E-state index contributed by atoms with van der Waals surface area (Å²) < 4.78 is 12.6. The molecule has 3 rings (SSSR count). The van der Waals surface area contributed by atoms with Crippen molar-refractivity contribution in [1.82, 2.24) is 10.4 Å². The number of hydrogen-bond donors (Lipinski definition) is 1. The Balaban J connectivity index is 1.65. The van der Waals surface area contributed by atoms with Gasteiger partial charge in [-0.15, -0.1) is 0 Å². The molecule has 2 aromatic carbocycles. The molecule has 0 atom stereocenters. The molecule has 29 heavy (non-hydrogen) atoms. The van der Waals surface area contributed by atoms with E-state index in [1.807, 2.05) is 49.4 Å². The van der Waals surface area contributed by atoms with Crippen LogP contribution in [-0.4, -0.2) is 23.7 Å². The van der Waals surface area contributed by atoms with Crippen molar-refractivity contribution in [3.63, 3.8) is 0 Å². The molecule has 7 heteroatoms. The van der Waals surface area contributed by atoms with Gasteiger partial charge in [0.1, 0.15) is 6.61 Å². The lowest BCUT2D eigenvalue weighted by molar-refractivity contribution is 0.0955. The Morgan fingerprint density at radius 3 is 2.69 bits per heavy atom. The van der Waals surface area contributed by atoms with Crippen molar-refractivity contribution in [1.29, 1.82) is 0 Å². The number of amides is 1. The number of benzene rings is 2. The predicted octanol–water partition coefficient (Wildman–Crippen LogP) is 4.59. The lowest BCUT2D eigenvalue weighted by Crippen LogP contribution is -2.17. The number of ether oxygens (including phenoxy) is 2. The number of nitrogens with zero attached hydrogens (tertiary/aromatic N) is 2. The molecule has 3 aromatic rings. The van der Waals surface area contributed by atoms with Crippen LogP contribution in [0.2, 0.25) is 0 Å². The summed E-state index contributed by atoms with van der Waals surface area (Å²) >= 11 is 3.42. The highest BCUT2D eigenvalue weighted by Gasteiger charge is 2.07. The summed E-state index contributed by atoms with van der Waals surface area (Å²) in [5.41, 5.74) is 4.75. The standard InChI is InChI=1S/C22H20BrN3O3/c1-2-28-21-12-17(13-25-26-22(27)18-4-3-11-24-14-18)7-10-20(21)29-15-16-5-8-19(23)9-6-16/h3-14H,2,15H2,1H3,(H,26,27)/b25-13+. The highest BCUT2D eigenvalue weighted by molar-refractivity contribution is 9.10. The van der Waals surface area contributed by atoms with Crippen molar-refractivity contribution < 1.29 is 14.3 Å². The average molecular weight is 454 g/mol. The van der Waals surface area contributed by atoms with E-state index in [-0.39, 0.29) is 5.91 Å². The molecule has 0 aliphatic rings. The van der Waals surface area contributed by atoms with Crippen molar-refractivity contribution >= 4 is 28.1 Å². The van der Waals surface area contributed by atoms with Crippen molar-refractivity contribution in [2.75, 3.05) is 6.61 Å². The number of nitrogens with one attached hydrogen (secondary N) is 1. The van der Waals surface area contributed by atoms with Gasteiger partial charge in [-0.3, -0.25) is 9.78 Å². The third-order valence-corrected chi connectivity index (χ3v) is 4.41. The van der Waals surface area contributed by atoms with Crippen molar-refractivity contribution in [3.8, 4) is 11.5 Å². The van der Waals surface area contributed by atoms with E-state index in [0.717, 1.165) is 15.6 Å². The monoisotopic (exact) mass is 453 g/mol. The molecule has 0 aliphatic heterocycles. The zero-order valence-electron chi connectivity index (χ0n) is 15.8. The number of carbonyl (C=O) groups excluding carboxylic acids is 1. The van der Waals surface area contributed by atoms with Gasteiger partial charge in [0.25, 0.3) is 5.91 Å². The fraction of sp³-hybridized carbons (Fsp3) is 0.136. The maximum absolute atomic E-state index is 12.0. The Kier molecular flexibility index (Phi) is 7.35.